The number of benzene rings is 8. The molecule has 4 aliphatic heterocycles. The van der Waals surface area contributed by atoms with Crippen LogP contribution in [-0.2, 0) is 117 Å². The number of halogens is 20. The van der Waals surface area contributed by atoms with Crippen LogP contribution in [0.25, 0.3) is 43.6 Å². The zero-order valence-corrected chi connectivity index (χ0v) is 87.6. The first-order chi connectivity index (χ1) is 69.0. The maximum Gasteiger partial charge on any atom is 0.416 e. The monoisotopic (exact) mass is 2200 g/mol. The maximum atomic E-state index is 13.4. The predicted molar refractivity (Wildman–Crippen MR) is 539 cm³/mol. The summed E-state index contributed by atoms with van der Waals surface area (Å²) in [5.41, 5.74) is 6.90. The van der Waals surface area contributed by atoms with Gasteiger partial charge in [-0.3, -0.25) is 38.4 Å². The Morgan fingerprint density at radius 1 is 0.354 bits per heavy atom. The quantitative estimate of drug-likeness (QED) is 0.0426. The van der Waals surface area contributed by atoms with E-state index in [1.807, 2.05) is 18.2 Å². The highest BCUT2D eigenvalue weighted by Crippen LogP contribution is 2.54. The Balaban J connectivity index is 0.000000155. The van der Waals surface area contributed by atoms with Gasteiger partial charge in [-0.25, -0.2) is 0 Å². The number of piperidine rings is 3. The van der Waals surface area contributed by atoms with Crippen LogP contribution in [0.5, 0.6) is 0 Å². The number of aryl methyl sites for hydroxylation is 8. The highest BCUT2D eigenvalue weighted by Gasteiger charge is 2.61. The summed E-state index contributed by atoms with van der Waals surface area (Å²) in [5.74, 6) is -3.08. The lowest BCUT2D eigenvalue weighted by atomic mass is 9.93. The van der Waals surface area contributed by atoms with E-state index in [-0.39, 0.29) is 142 Å². The number of carbonyl (C=O) groups is 8. The Morgan fingerprint density at radius 3 is 0.946 bits per heavy atom. The fourth-order valence-electron chi connectivity index (χ4n) is 19.9. The number of aliphatic hydroxyl groups is 1. The molecule has 5 fully saturated rings. The van der Waals surface area contributed by atoms with Gasteiger partial charge in [-0.05, 0) is 244 Å². The number of ether oxygens (including phenoxy) is 4. The van der Waals surface area contributed by atoms with Crippen molar-refractivity contribution < 1.29 is 115 Å². The van der Waals surface area contributed by atoms with E-state index in [9.17, 15) is 96.1 Å². The molecule has 784 valence electrons. The first-order valence-electron chi connectivity index (χ1n) is 46.9. The van der Waals surface area contributed by atoms with Crippen molar-refractivity contribution >= 4 is 184 Å². The third-order valence-electron chi connectivity index (χ3n) is 28.3. The Labute approximate surface area is 877 Å². The standard InChI is InChI=1S/C27H25Cl2F3N2O3.C27H27Cl2F3N2O3.C26H25Cl2F3N2O4.C26H25Cl2F3N2O3/c1-4-37-26(36)23-19-11-34(12-20(19)23)25(35)16-5-6-21(28)18(24(16)29)10-15-9-17-13(2)7-14(27(30,31)32)8-22(17)33(15)3;1-15-10-17(27(30,31)32)12-23-20(15)13-18(33(23)2)14-21-22(28)5-4-19(25(21)29)26(36)34-8-6-16(7-9-34)11-24(35)37-3;1-13-8-14(26(29,30)31)9-21-17(13)10-15(32(21)2)11-18-20(27)5-4-16(23(18)28)24(35)33-7-6-22(34)19(12-33)25(36)37-3;1-4-36-23(34)8-15-12-33(13-15)25(35)18-5-6-21(27)20(24(18)28)11-17-10-19-14(2)7-16(26(29,30)31)9-22(19)32(17)3/h5-9,19-20,23H,4,10-12H2,1-3H3;4-5,10,12-13,16H,6-9,11,14H2,1-3H3;4-5,8-10,19,22,34H,6-7,11-12H2,1-3H3;5-7,9-10,15H,4,8,11-13H2,1-3H3/t19-,20+,23?;;;. The molecule has 4 saturated heterocycles. The molecule has 4 amide bonds. The Kier molecular flexibility index (Phi) is 34.0. The van der Waals surface area contributed by atoms with Crippen molar-refractivity contribution in [3.05, 3.63) is 273 Å². The van der Waals surface area contributed by atoms with Gasteiger partial charge in [-0.15, -0.1) is 0 Å². The number of amides is 4. The number of rotatable bonds is 20. The van der Waals surface area contributed by atoms with Gasteiger partial charge in [-0.2, -0.15) is 52.7 Å². The number of fused-ring (bicyclic) bond motifs is 5. The van der Waals surface area contributed by atoms with Crippen molar-refractivity contribution in [2.45, 2.75) is 130 Å². The lowest BCUT2D eigenvalue weighted by molar-refractivity contribution is -0.152. The molecule has 5 aliphatic rings. The topological polar surface area (TPSA) is 226 Å². The molecule has 0 radical (unpaired) electrons. The molecule has 41 heteroatoms. The van der Waals surface area contributed by atoms with E-state index in [1.54, 1.807) is 151 Å². The molecule has 5 atom stereocenters. The van der Waals surface area contributed by atoms with Crippen LogP contribution < -0.4 is 0 Å². The molecular weight excluding hydrogens is 2100 g/mol. The Bertz CT molecular complexity index is 7180. The third kappa shape index (κ3) is 24.0. The van der Waals surface area contributed by atoms with E-state index in [1.165, 1.54) is 25.2 Å². The Hall–Kier alpha value is -10.9. The summed E-state index contributed by atoms with van der Waals surface area (Å²) < 4.78 is 186. The minimum absolute atomic E-state index is 0.0228. The lowest BCUT2D eigenvalue weighted by Gasteiger charge is -2.39. The van der Waals surface area contributed by atoms with Gasteiger partial charge in [0.2, 0.25) is 0 Å². The molecule has 0 bridgehead atoms. The molecule has 3 unspecified atom stereocenters. The molecule has 147 heavy (non-hydrogen) atoms. The van der Waals surface area contributed by atoms with Gasteiger partial charge in [0.15, 0.2) is 0 Å². The highest BCUT2D eigenvalue weighted by atomic mass is 35.5. The molecule has 1 aliphatic carbocycles. The van der Waals surface area contributed by atoms with Crippen LogP contribution >= 0.6 is 92.8 Å². The van der Waals surface area contributed by atoms with Crippen LogP contribution in [0, 0.1) is 63.2 Å². The summed E-state index contributed by atoms with van der Waals surface area (Å²) in [7, 11) is 9.34. The number of nitrogens with zero attached hydrogens (tertiary/aromatic N) is 8. The van der Waals surface area contributed by atoms with Crippen molar-refractivity contribution in [2.75, 3.05) is 79.8 Å². The minimum atomic E-state index is -4.47. The number of esters is 4. The van der Waals surface area contributed by atoms with E-state index >= 15 is 0 Å². The van der Waals surface area contributed by atoms with Crippen molar-refractivity contribution in [3.8, 4) is 0 Å². The van der Waals surface area contributed by atoms with E-state index in [4.69, 9.17) is 112 Å². The summed E-state index contributed by atoms with van der Waals surface area (Å²) >= 11 is 52.6. The number of likely N-dealkylation sites (tertiary alicyclic amines) is 4. The maximum absolute atomic E-state index is 13.4. The highest BCUT2D eigenvalue weighted by molar-refractivity contribution is 6.40. The van der Waals surface area contributed by atoms with E-state index < -0.39 is 70.9 Å². The van der Waals surface area contributed by atoms with Gasteiger partial charge in [0.1, 0.15) is 5.92 Å². The summed E-state index contributed by atoms with van der Waals surface area (Å²) in [6.45, 7) is 13.7. The molecule has 17 rings (SSSR count). The average Bonchev–Trinajstić information content (AvgIpc) is 1.56. The summed E-state index contributed by atoms with van der Waals surface area (Å²) in [6.07, 6.45) is -15.7. The van der Waals surface area contributed by atoms with Gasteiger partial charge in [0.05, 0.1) is 110 Å². The fraction of sp³-hybridized carbons (Fsp3) is 0.396. The number of hydrogen-bond donors (Lipinski definition) is 1. The molecule has 0 spiro atoms. The van der Waals surface area contributed by atoms with Gasteiger partial charge in [-0.1, -0.05) is 92.8 Å². The third-order valence-corrected chi connectivity index (χ3v) is 31.4. The van der Waals surface area contributed by atoms with Crippen LogP contribution in [0.15, 0.2) is 121 Å². The predicted octanol–water partition coefficient (Wildman–Crippen LogP) is 24.9. The number of methoxy groups -OCH3 is 2. The molecule has 4 aromatic heterocycles. The number of alkyl halides is 12. The average molecular weight is 2210 g/mol. The Morgan fingerprint density at radius 2 is 0.646 bits per heavy atom. The smallest absolute Gasteiger partial charge is 0.416 e. The molecule has 12 aromatic rings. The van der Waals surface area contributed by atoms with Gasteiger partial charge >= 0.3 is 48.6 Å². The lowest BCUT2D eigenvalue weighted by Crippen LogP contribution is -2.50. The van der Waals surface area contributed by atoms with Crippen LogP contribution in [-0.4, -0.2) is 176 Å². The minimum Gasteiger partial charge on any atom is -0.469 e. The van der Waals surface area contributed by atoms with Gasteiger partial charge in [0.25, 0.3) is 23.6 Å². The van der Waals surface area contributed by atoms with Crippen molar-refractivity contribution in [2.24, 2.45) is 63.7 Å². The SMILES string of the molecule is CCOC(=O)C1[C@H]2CN(C(=O)c3ccc(Cl)c(Cc4cc5c(C)cc(C(F)(F)F)cc5n4C)c3Cl)C[C@@H]12.CCOC(=O)CC1CN(C(=O)c2ccc(Cl)c(Cc3cc4c(C)cc(C(F)(F)F)cc4n3C)c2Cl)C1.COC(=O)C1CN(C(=O)c2ccc(Cl)c(Cc3cc4c(C)cc(C(F)(F)F)cc4n3C)c2Cl)CCC1O.COC(=O)CC1CCN(C(=O)c2ccc(Cl)c(Cc3cc4c(C)cc(C(F)(F)F)cc4n3C)c2Cl)CC1. The van der Waals surface area contributed by atoms with E-state index in [0.29, 0.717) is 214 Å². The zero-order valence-electron chi connectivity index (χ0n) is 81.5. The first kappa shape index (κ1) is 112. The second kappa shape index (κ2) is 44.7. The number of hydrogen-bond acceptors (Lipinski definition) is 13. The van der Waals surface area contributed by atoms with Crippen molar-refractivity contribution in [1.29, 1.82) is 0 Å². The normalized spacial score (nSPS) is 17.1. The second-order valence-electron chi connectivity index (χ2n) is 37.6. The van der Waals surface area contributed by atoms with Crippen molar-refractivity contribution in [3.63, 3.8) is 0 Å². The number of aromatic nitrogens is 4. The van der Waals surface area contributed by atoms with Gasteiger partial charge in [0, 0.05) is 205 Å². The molecule has 21 nitrogen and oxygen atoms in total. The van der Waals surface area contributed by atoms with Crippen LogP contribution in [0.4, 0.5) is 52.7 Å². The van der Waals surface area contributed by atoms with E-state index in [0.717, 1.165) is 54.2 Å². The summed E-state index contributed by atoms with van der Waals surface area (Å²) in [6, 6.07) is 28.9. The van der Waals surface area contributed by atoms with E-state index in [2.05, 4.69) is 0 Å². The molecule has 1 saturated carbocycles. The fourth-order valence-corrected chi connectivity index (χ4v) is 22.2. The molecule has 8 aromatic carbocycles. The molecule has 1 N–H and O–H groups in total. The molecule has 8 heterocycles. The van der Waals surface area contributed by atoms with Gasteiger partial charge < -0.3 is 61.9 Å². The summed E-state index contributed by atoms with van der Waals surface area (Å²) in [5, 5.41) is 15.1. The number of aliphatic hydroxyl groups excluding tert-OH is 1. The van der Waals surface area contributed by atoms with Crippen LogP contribution in [0.2, 0.25) is 40.2 Å². The van der Waals surface area contributed by atoms with Crippen LogP contribution in [0.3, 0.4) is 0 Å². The van der Waals surface area contributed by atoms with Crippen molar-refractivity contribution in [1.82, 2.24) is 37.9 Å². The zero-order chi connectivity index (χ0) is 107. The molecular formula is C106H102Cl8F12N8O13. The largest absolute Gasteiger partial charge is 0.469 e. The first-order valence-corrected chi connectivity index (χ1v) is 49.9. The van der Waals surface area contributed by atoms with Crippen LogP contribution in [0.1, 0.15) is 177 Å². The summed E-state index contributed by atoms with van der Waals surface area (Å²) in [4.78, 5) is 107. The second-order valence-corrected chi connectivity index (χ2v) is 40.7. The number of carbonyl (C=O) groups excluding carboxylic acids is 8.